The zero-order valence-corrected chi connectivity index (χ0v) is 21.3. The van der Waals surface area contributed by atoms with E-state index in [4.69, 9.17) is 4.74 Å². The summed E-state index contributed by atoms with van der Waals surface area (Å²) in [5, 5.41) is 8.19. The standard InChI is InChI=1S/C25H39N3O5/c1-15(2)19(28-22(31)24(4,5)6)21(30)26-16(3)20(29)27-18-12-10-17(11-13-18)14-33-23(32)25(7,8)9/h10-13,15-16,19H,14H2,1-9H3,(H,26,30)(H,27,29)(H,28,31). The summed E-state index contributed by atoms with van der Waals surface area (Å²) in [6.45, 7) is 16.1. The second-order valence-electron chi connectivity index (χ2n) is 10.7. The first-order valence-electron chi connectivity index (χ1n) is 11.2. The summed E-state index contributed by atoms with van der Waals surface area (Å²) in [6.07, 6.45) is 0. The summed E-state index contributed by atoms with van der Waals surface area (Å²) in [4.78, 5) is 49.4. The van der Waals surface area contributed by atoms with E-state index < -0.39 is 28.8 Å². The van der Waals surface area contributed by atoms with Crippen molar-refractivity contribution in [1.82, 2.24) is 10.6 Å². The molecule has 0 fully saturated rings. The SMILES string of the molecule is CC(NC(=O)C(NC(=O)C(C)(C)C)C(C)C)C(=O)Nc1ccc(COC(=O)C(C)(C)C)cc1. The summed E-state index contributed by atoms with van der Waals surface area (Å²) in [7, 11) is 0. The van der Waals surface area contributed by atoms with E-state index in [0.717, 1.165) is 5.56 Å². The summed E-state index contributed by atoms with van der Waals surface area (Å²) < 4.78 is 5.28. The smallest absolute Gasteiger partial charge is 0.311 e. The minimum absolute atomic E-state index is 0.146. The molecule has 0 bridgehead atoms. The van der Waals surface area contributed by atoms with Gasteiger partial charge in [0.05, 0.1) is 5.41 Å². The van der Waals surface area contributed by atoms with Crippen molar-refractivity contribution in [2.75, 3.05) is 5.32 Å². The van der Waals surface area contributed by atoms with E-state index in [2.05, 4.69) is 16.0 Å². The first-order chi connectivity index (χ1) is 15.0. The lowest BCUT2D eigenvalue weighted by atomic mass is 9.93. The Morgan fingerprint density at radius 1 is 0.818 bits per heavy atom. The zero-order valence-electron chi connectivity index (χ0n) is 21.3. The molecule has 8 nitrogen and oxygen atoms in total. The van der Waals surface area contributed by atoms with Gasteiger partial charge in [-0.15, -0.1) is 0 Å². The van der Waals surface area contributed by atoms with Crippen LogP contribution in [-0.4, -0.2) is 35.8 Å². The Hall–Kier alpha value is -2.90. The number of hydrogen-bond donors (Lipinski definition) is 3. The fourth-order valence-electron chi connectivity index (χ4n) is 2.56. The average molecular weight is 462 g/mol. The average Bonchev–Trinajstić information content (AvgIpc) is 2.68. The van der Waals surface area contributed by atoms with Crippen molar-refractivity contribution in [2.24, 2.45) is 16.7 Å². The number of rotatable bonds is 8. The molecule has 0 saturated heterocycles. The zero-order chi connectivity index (χ0) is 25.6. The van der Waals surface area contributed by atoms with Crippen LogP contribution in [0.4, 0.5) is 5.69 Å². The molecule has 2 atom stereocenters. The van der Waals surface area contributed by atoms with E-state index >= 15 is 0 Å². The monoisotopic (exact) mass is 461 g/mol. The quantitative estimate of drug-likeness (QED) is 0.514. The van der Waals surface area contributed by atoms with Crippen LogP contribution >= 0.6 is 0 Å². The molecule has 0 aliphatic rings. The normalized spacial score (nSPS) is 13.6. The molecular weight excluding hydrogens is 422 g/mol. The number of anilines is 1. The Morgan fingerprint density at radius 3 is 1.82 bits per heavy atom. The van der Waals surface area contributed by atoms with Crippen LogP contribution in [0.25, 0.3) is 0 Å². The molecule has 184 valence electrons. The van der Waals surface area contributed by atoms with Crippen molar-refractivity contribution in [1.29, 1.82) is 0 Å². The molecule has 0 saturated carbocycles. The van der Waals surface area contributed by atoms with Crippen LogP contribution in [0.5, 0.6) is 0 Å². The first-order valence-corrected chi connectivity index (χ1v) is 11.2. The maximum atomic E-state index is 12.7. The van der Waals surface area contributed by atoms with Crippen LogP contribution in [0.3, 0.4) is 0 Å². The molecule has 0 radical (unpaired) electrons. The Morgan fingerprint density at radius 2 is 1.36 bits per heavy atom. The van der Waals surface area contributed by atoms with Gasteiger partial charge in [-0.25, -0.2) is 0 Å². The molecule has 0 heterocycles. The third-order valence-corrected chi connectivity index (χ3v) is 4.87. The van der Waals surface area contributed by atoms with Crippen molar-refractivity contribution in [3.8, 4) is 0 Å². The largest absolute Gasteiger partial charge is 0.460 e. The Kier molecular flexibility index (Phi) is 9.63. The van der Waals surface area contributed by atoms with E-state index in [-0.39, 0.29) is 30.3 Å². The van der Waals surface area contributed by atoms with Gasteiger partial charge in [-0.05, 0) is 51.3 Å². The number of esters is 1. The number of ether oxygens (including phenoxy) is 1. The molecule has 3 N–H and O–H groups in total. The summed E-state index contributed by atoms with van der Waals surface area (Å²) in [5.41, 5.74) is 0.140. The molecule has 0 aromatic heterocycles. The van der Waals surface area contributed by atoms with Crippen molar-refractivity contribution >= 4 is 29.4 Å². The number of carbonyl (C=O) groups is 4. The first kappa shape index (κ1) is 28.1. The third kappa shape index (κ3) is 9.24. The van der Waals surface area contributed by atoms with Gasteiger partial charge in [-0.1, -0.05) is 46.8 Å². The molecule has 0 aliphatic carbocycles. The number of benzene rings is 1. The maximum absolute atomic E-state index is 12.7. The molecule has 0 aliphatic heterocycles. The Bertz CT molecular complexity index is 848. The van der Waals surface area contributed by atoms with Crippen LogP contribution in [0, 0.1) is 16.7 Å². The highest BCUT2D eigenvalue weighted by Crippen LogP contribution is 2.18. The fraction of sp³-hybridized carbons (Fsp3) is 0.600. The summed E-state index contributed by atoms with van der Waals surface area (Å²) in [6, 6.07) is 5.36. The second-order valence-corrected chi connectivity index (χ2v) is 10.7. The van der Waals surface area contributed by atoms with Gasteiger partial charge >= 0.3 is 5.97 Å². The van der Waals surface area contributed by atoms with Crippen molar-refractivity contribution in [2.45, 2.75) is 81.0 Å². The number of nitrogens with one attached hydrogen (secondary N) is 3. The predicted molar refractivity (Wildman–Crippen MR) is 128 cm³/mol. The lowest BCUT2D eigenvalue weighted by Gasteiger charge is -2.27. The van der Waals surface area contributed by atoms with Crippen molar-refractivity contribution in [3.05, 3.63) is 29.8 Å². The van der Waals surface area contributed by atoms with E-state index in [1.807, 2.05) is 13.8 Å². The highest BCUT2D eigenvalue weighted by atomic mass is 16.5. The van der Waals surface area contributed by atoms with Crippen LogP contribution in [0.2, 0.25) is 0 Å². The molecule has 1 aromatic carbocycles. The van der Waals surface area contributed by atoms with Gasteiger partial charge in [0.15, 0.2) is 0 Å². The van der Waals surface area contributed by atoms with Gasteiger partial charge in [-0.3, -0.25) is 19.2 Å². The lowest BCUT2D eigenvalue weighted by Crippen LogP contribution is -2.55. The molecule has 1 aromatic rings. The van der Waals surface area contributed by atoms with Gasteiger partial charge < -0.3 is 20.7 Å². The number of hydrogen-bond acceptors (Lipinski definition) is 5. The Balaban J connectivity index is 2.67. The van der Waals surface area contributed by atoms with Crippen LogP contribution < -0.4 is 16.0 Å². The number of carbonyl (C=O) groups excluding carboxylic acids is 4. The highest BCUT2D eigenvalue weighted by molar-refractivity contribution is 5.98. The predicted octanol–water partition coefficient (Wildman–Crippen LogP) is 3.41. The van der Waals surface area contributed by atoms with Crippen LogP contribution in [0.15, 0.2) is 24.3 Å². The van der Waals surface area contributed by atoms with E-state index in [9.17, 15) is 19.2 Å². The molecule has 3 amide bonds. The lowest BCUT2D eigenvalue weighted by molar-refractivity contribution is -0.154. The maximum Gasteiger partial charge on any atom is 0.311 e. The van der Waals surface area contributed by atoms with Gasteiger partial charge in [-0.2, -0.15) is 0 Å². The number of amides is 3. The van der Waals surface area contributed by atoms with Crippen molar-refractivity contribution < 1.29 is 23.9 Å². The highest BCUT2D eigenvalue weighted by Gasteiger charge is 2.31. The molecule has 2 unspecified atom stereocenters. The minimum atomic E-state index is -0.808. The van der Waals surface area contributed by atoms with E-state index in [0.29, 0.717) is 5.69 Å². The topological polar surface area (TPSA) is 114 Å². The second kappa shape index (κ2) is 11.3. The Labute approximate surface area is 197 Å². The van der Waals surface area contributed by atoms with E-state index in [1.165, 1.54) is 0 Å². The summed E-state index contributed by atoms with van der Waals surface area (Å²) in [5.74, 6) is -1.47. The van der Waals surface area contributed by atoms with Gasteiger partial charge in [0.2, 0.25) is 17.7 Å². The minimum Gasteiger partial charge on any atom is -0.460 e. The van der Waals surface area contributed by atoms with Gasteiger partial charge in [0, 0.05) is 11.1 Å². The third-order valence-electron chi connectivity index (χ3n) is 4.87. The van der Waals surface area contributed by atoms with Gasteiger partial charge in [0.25, 0.3) is 0 Å². The van der Waals surface area contributed by atoms with Crippen molar-refractivity contribution in [3.63, 3.8) is 0 Å². The molecule has 1 rings (SSSR count). The molecular formula is C25H39N3O5. The summed E-state index contributed by atoms with van der Waals surface area (Å²) >= 11 is 0. The van der Waals surface area contributed by atoms with Gasteiger partial charge in [0.1, 0.15) is 18.7 Å². The molecule has 0 spiro atoms. The molecule has 8 heteroatoms. The van der Waals surface area contributed by atoms with Crippen LogP contribution in [-0.2, 0) is 30.5 Å². The molecule has 33 heavy (non-hydrogen) atoms. The fourth-order valence-corrected chi connectivity index (χ4v) is 2.56. The van der Waals surface area contributed by atoms with E-state index in [1.54, 1.807) is 72.7 Å². The van der Waals surface area contributed by atoms with Crippen LogP contribution in [0.1, 0.15) is 67.9 Å².